The van der Waals surface area contributed by atoms with Crippen LogP contribution >= 0.6 is 0 Å². The quantitative estimate of drug-likeness (QED) is 0.314. The van der Waals surface area contributed by atoms with Gasteiger partial charge in [-0.25, -0.2) is 0 Å². The van der Waals surface area contributed by atoms with Gasteiger partial charge in [0.05, 0.1) is 12.6 Å². The van der Waals surface area contributed by atoms with Crippen molar-refractivity contribution in [1.29, 1.82) is 0 Å². The highest BCUT2D eigenvalue weighted by molar-refractivity contribution is 6.00. The Labute approximate surface area is 121 Å². The average molecular weight is 271 g/mol. The van der Waals surface area contributed by atoms with Crippen LogP contribution in [-0.4, -0.2) is 44.0 Å². The third-order valence-electron chi connectivity index (χ3n) is 3.09. The zero-order chi connectivity index (χ0) is 15.0. The molecule has 0 aliphatic rings. The number of rotatable bonds is 8. The first kappa shape index (κ1) is 16.2. The standard InChI is InChI=1S/C17H21NO2/c1-5-12-20-13-14(6-2)16(18(3)4)17(19)15-10-8-7-9-11-15/h1,6-11,14,16H,2,12-13H2,3-4H3. The second-order valence-corrected chi connectivity index (χ2v) is 4.76. The molecule has 1 rings (SSSR count). The number of likely N-dealkylation sites (N-methyl/N-ethyl adjacent to an activating group) is 1. The Morgan fingerprint density at radius 1 is 1.45 bits per heavy atom. The van der Waals surface area contributed by atoms with Gasteiger partial charge in [0.1, 0.15) is 6.61 Å². The Balaban J connectivity index is 2.89. The van der Waals surface area contributed by atoms with Crippen LogP contribution < -0.4 is 0 Å². The molecule has 20 heavy (non-hydrogen) atoms. The number of nitrogens with zero attached hydrogens (tertiary/aromatic N) is 1. The molecule has 0 aliphatic carbocycles. The molecule has 0 aromatic heterocycles. The third kappa shape index (κ3) is 4.34. The lowest BCUT2D eigenvalue weighted by molar-refractivity contribution is 0.0699. The molecule has 2 unspecified atom stereocenters. The molecule has 3 heteroatoms. The summed E-state index contributed by atoms with van der Waals surface area (Å²) in [7, 11) is 3.76. The third-order valence-corrected chi connectivity index (χ3v) is 3.09. The van der Waals surface area contributed by atoms with Crippen molar-refractivity contribution < 1.29 is 9.53 Å². The van der Waals surface area contributed by atoms with E-state index in [9.17, 15) is 4.79 Å². The molecule has 106 valence electrons. The number of hydrogen-bond donors (Lipinski definition) is 0. The smallest absolute Gasteiger partial charge is 0.180 e. The van der Waals surface area contributed by atoms with E-state index in [0.717, 1.165) is 0 Å². The second kappa shape index (κ2) is 8.31. The summed E-state index contributed by atoms with van der Waals surface area (Å²) in [6.07, 6.45) is 6.92. The molecule has 0 fully saturated rings. The Hall–Kier alpha value is -1.89. The van der Waals surface area contributed by atoms with Crippen molar-refractivity contribution in [3.8, 4) is 12.3 Å². The van der Waals surface area contributed by atoms with Gasteiger partial charge >= 0.3 is 0 Å². The summed E-state index contributed by atoms with van der Waals surface area (Å²) in [5.74, 6) is 2.38. The predicted octanol–water partition coefficient (Wildman–Crippen LogP) is 2.25. The van der Waals surface area contributed by atoms with Gasteiger partial charge in [-0.05, 0) is 14.1 Å². The molecule has 0 amide bonds. The fourth-order valence-corrected chi connectivity index (χ4v) is 2.13. The number of ketones is 1. The van der Waals surface area contributed by atoms with Gasteiger partial charge in [-0.2, -0.15) is 0 Å². The van der Waals surface area contributed by atoms with Crippen LogP contribution in [-0.2, 0) is 4.74 Å². The van der Waals surface area contributed by atoms with Crippen molar-refractivity contribution in [2.75, 3.05) is 27.3 Å². The largest absolute Gasteiger partial charge is 0.368 e. The van der Waals surface area contributed by atoms with E-state index in [1.165, 1.54) is 0 Å². The summed E-state index contributed by atoms with van der Waals surface area (Å²) in [6.45, 7) is 4.43. The van der Waals surface area contributed by atoms with Crippen LogP contribution in [0.4, 0.5) is 0 Å². The molecule has 1 aromatic rings. The Morgan fingerprint density at radius 2 is 2.10 bits per heavy atom. The van der Waals surface area contributed by atoms with E-state index in [1.54, 1.807) is 6.08 Å². The number of ether oxygens (including phenoxy) is 1. The number of carbonyl (C=O) groups excluding carboxylic acids is 1. The monoisotopic (exact) mass is 271 g/mol. The maximum absolute atomic E-state index is 12.6. The fraction of sp³-hybridized carbons (Fsp3) is 0.353. The van der Waals surface area contributed by atoms with Gasteiger partial charge < -0.3 is 4.74 Å². The van der Waals surface area contributed by atoms with Crippen molar-refractivity contribution >= 4 is 5.78 Å². The van der Waals surface area contributed by atoms with E-state index >= 15 is 0 Å². The second-order valence-electron chi connectivity index (χ2n) is 4.76. The fourth-order valence-electron chi connectivity index (χ4n) is 2.13. The maximum atomic E-state index is 12.6. The highest BCUT2D eigenvalue weighted by Gasteiger charge is 2.29. The topological polar surface area (TPSA) is 29.5 Å². The minimum atomic E-state index is -0.312. The average Bonchev–Trinajstić information content (AvgIpc) is 2.46. The maximum Gasteiger partial charge on any atom is 0.180 e. The van der Waals surface area contributed by atoms with Crippen molar-refractivity contribution in [3.63, 3.8) is 0 Å². The first-order valence-electron chi connectivity index (χ1n) is 6.51. The summed E-state index contributed by atoms with van der Waals surface area (Å²) in [6, 6.07) is 8.94. The van der Waals surface area contributed by atoms with Gasteiger partial charge in [0.15, 0.2) is 5.78 Å². The summed E-state index contributed by atoms with van der Waals surface area (Å²) in [4.78, 5) is 14.5. The van der Waals surface area contributed by atoms with Crippen LogP contribution in [0.15, 0.2) is 43.0 Å². The minimum Gasteiger partial charge on any atom is -0.368 e. The Bertz CT molecular complexity index is 474. The van der Waals surface area contributed by atoms with Crippen LogP contribution in [0, 0.1) is 18.3 Å². The molecule has 1 aromatic carbocycles. The molecule has 0 spiro atoms. The summed E-state index contributed by atoms with van der Waals surface area (Å²) < 4.78 is 5.37. The molecule has 0 saturated heterocycles. The van der Waals surface area contributed by atoms with E-state index in [4.69, 9.17) is 11.2 Å². The number of hydrogen-bond acceptors (Lipinski definition) is 3. The first-order valence-corrected chi connectivity index (χ1v) is 6.51. The van der Waals surface area contributed by atoms with E-state index < -0.39 is 0 Å². The number of carbonyl (C=O) groups is 1. The number of benzene rings is 1. The van der Waals surface area contributed by atoms with E-state index in [0.29, 0.717) is 12.2 Å². The predicted molar refractivity (Wildman–Crippen MR) is 81.6 cm³/mol. The highest BCUT2D eigenvalue weighted by Crippen LogP contribution is 2.17. The lowest BCUT2D eigenvalue weighted by Gasteiger charge is -2.29. The normalized spacial score (nSPS) is 13.5. The van der Waals surface area contributed by atoms with E-state index in [-0.39, 0.29) is 24.3 Å². The summed E-state index contributed by atoms with van der Waals surface area (Å²) in [5, 5.41) is 0. The molecule has 3 nitrogen and oxygen atoms in total. The van der Waals surface area contributed by atoms with Crippen molar-refractivity contribution in [2.24, 2.45) is 5.92 Å². The van der Waals surface area contributed by atoms with Crippen molar-refractivity contribution in [2.45, 2.75) is 6.04 Å². The lowest BCUT2D eigenvalue weighted by atomic mass is 9.92. The van der Waals surface area contributed by atoms with Gasteiger partial charge in [0.25, 0.3) is 0 Å². The van der Waals surface area contributed by atoms with Crippen LogP contribution in [0.5, 0.6) is 0 Å². The molecular weight excluding hydrogens is 250 g/mol. The molecule has 0 aliphatic heterocycles. The molecule has 0 heterocycles. The minimum absolute atomic E-state index is 0.0600. The van der Waals surface area contributed by atoms with Crippen LogP contribution in [0.1, 0.15) is 10.4 Å². The zero-order valence-electron chi connectivity index (χ0n) is 12.1. The Kier molecular flexibility index (Phi) is 6.72. The van der Waals surface area contributed by atoms with Gasteiger partial charge in [0.2, 0.25) is 0 Å². The van der Waals surface area contributed by atoms with Crippen molar-refractivity contribution in [3.05, 3.63) is 48.6 Å². The molecule has 0 N–H and O–H groups in total. The SMILES string of the molecule is C#CCOCC(C=C)C(C(=O)c1ccccc1)N(C)C. The van der Waals surface area contributed by atoms with Gasteiger partial charge in [0, 0.05) is 11.5 Å². The summed E-state index contributed by atoms with van der Waals surface area (Å²) >= 11 is 0. The van der Waals surface area contributed by atoms with E-state index in [1.807, 2.05) is 49.3 Å². The van der Waals surface area contributed by atoms with Crippen LogP contribution in [0.25, 0.3) is 0 Å². The number of Topliss-reactive ketones (excluding diaryl/α,β-unsaturated/α-hetero) is 1. The van der Waals surface area contributed by atoms with Crippen molar-refractivity contribution in [1.82, 2.24) is 4.90 Å². The first-order chi connectivity index (χ1) is 9.61. The highest BCUT2D eigenvalue weighted by atomic mass is 16.5. The van der Waals surface area contributed by atoms with Crippen LogP contribution in [0.3, 0.4) is 0 Å². The lowest BCUT2D eigenvalue weighted by Crippen LogP contribution is -2.43. The Morgan fingerprint density at radius 3 is 2.60 bits per heavy atom. The molecule has 0 saturated carbocycles. The van der Waals surface area contributed by atoms with Gasteiger partial charge in [-0.1, -0.05) is 42.3 Å². The molecule has 0 bridgehead atoms. The van der Waals surface area contributed by atoms with E-state index in [2.05, 4.69) is 12.5 Å². The summed E-state index contributed by atoms with van der Waals surface area (Å²) in [5.41, 5.74) is 0.690. The molecule has 0 radical (unpaired) electrons. The van der Waals surface area contributed by atoms with Gasteiger partial charge in [-0.3, -0.25) is 9.69 Å². The molecular formula is C17H21NO2. The number of terminal acetylenes is 1. The molecule has 2 atom stereocenters. The zero-order valence-corrected chi connectivity index (χ0v) is 12.1. The van der Waals surface area contributed by atoms with Gasteiger partial charge in [-0.15, -0.1) is 13.0 Å². The van der Waals surface area contributed by atoms with Crippen LogP contribution in [0.2, 0.25) is 0 Å².